The summed E-state index contributed by atoms with van der Waals surface area (Å²) < 4.78 is 28.5. The first kappa shape index (κ1) is 19.7. The van der Waals surface area contributed by atoms with E-state index in [9.17, 15) is 13.2 Å². The zero-order chi connectivity index (χ0) is 20.6. The molecule has 0 bridgehead atoms. The van der Waals surface area contributed by atoms with Crippen LogP contribution in [-0.4, -0.2) is 43.2 Å². The van der Waals surface area contributed by atoms with Crippen molar-refractivity contribution in [3.05, 3.63) is 42.0 Å². The average molecular weight is 433 g/mol. The number of carbonyl (C=O) groups is 1. The fourth-order valence-corrected chi connectivity index (χ4v) is 4.64. The highest BCUT2D eigenvalue weighted by Gasteiger charge is 2.26. The Labute approximate surface area is 172 Å². The minimum atomic E-state index is -3.76. The van der Waals surface area contributed by atoms with Gasteiger partial charge in [-0.25, -0.2) is 18.5 Å². The number of rotatable bonds is 6. The largest absolute Gasteiger partial charge is 0.494 e. The molecule has 0 atom stereocenters. The highest BCUT2D eigenvalue weighted by Crippen LogP contribution is 2.31. The molecule has 1 aliphatic heterocycles. The van der Waals surface area contributed by atoms with Gasteiger partial charge in [0.15, 0.2) is 5.16 Å². The van der Waals surface area contributed by atoms with Crippen LogP contribution >= 0.6 is 11.8 Å². The predicted octanol–water partition coefficient (Wildman–Crippen LogP) is 2.29. The minimum Gasteiger partial charge on any atom is -0.494 e. The molecule has 1 amide bonds. The molecule has 1 aromatic heterocycles. The Kier molecular flexibility index (Phi) is 5.24. The lowest BCUT2D eigenvalue weighted by atomic mass is 10.2. The number of imidazole rings is 1. The van der Waals surface area contributed by atoms with Crippen molar-refractivity contribution in [1.29, 1.82) is 0 Å². The zero-order valence-corrected chi connectivity index (χ0v) is 17.3. The number of ether oxygens (including phenoxy) is 1. The lowest BCUT2D eigenvalue weighted by molar-refractivity contribution is -0.116. The third-order valence-electron chi connectivity index (χ3n) is 4.65. The van der Waals surface area contributed by atoms with Crippen LogP contribution in [0.15, 0.2) is 46.5 Å². The van der Waals surface area contributed by atoms with Gasteiger partial charge in [-0.1, -0.05) is 11.8 Å². The number of nitrogens with zero attached hydrogens (tertiary/aromatic N) is 2. The summed E-state index contributed by atoms with van der Waals surface area (Å²) in [5.74, 6) is 0.922. The Morgan fingerprint density at radius 1 is 1.31 bits per heavy atom. The second-order valence-electron chi connectivity index (χ2n) is 6.57. The van der Waals surface area contributed by atoms with Crippen LogP contribution in [-0.2, 0) is 21.2 Å². The maximum atomic E-state index is 12.7. The number of aromatic nitrogens is 2. The summed E-state index contributed by atoms with van der Waals surface area (Å²) in [7, 11) is -3.76. The number of primary sulfonamides is 1. The monoisotopic (exact) mass is 432 g/mol. The number of anilines is 1. The molecule has 4 rings (SSSR count). The van der Waals surface area contributed by atoms with Gasteiger partial charge in [0.25, 0.3) is 0 Å². The molecule has 1 aliphatic rings. The van der Waals surface area contributed by atoms with Crippen LogP contribution < -0.4 is 14.8 Å². The van der Waals surface area contributed by atoms with E-state index >= 15 is 0 Å². The maximum absolute atomic E-state index is 12.7. The molecular weight excluding hydrogens is 412 g/mol. The van der Waals surface area contributed by atoms with E-state index in [2.05, 4.69) is 9.97 Å². The number of carbonyl (C=O) groups excluding carboxylic acids is 1. The van der Waals surface area contributed by atoms with Crippen LogP contribution in [0, 0.1) is 0 Å². The van der Waals surface area contributed by atoms with Crippen molar-refractivity contribution in [3.63, 3.8) is 0 Å². The van der Waals surface area contributed by atoms with Crippen LogP contribution in [0.5, 0.6) is 5.75 Å². The lowest BCUT2D eigenvalue weighted by Gasteiger charge is -2.17. The molecule has 0 fully saturated rings. The highest BCUT2D eigenvalue weighted by molar-refractivity contribution is 7.99. The normalized spacial score (nSPS) is 13.7. The second kappa shape index (κ2) is 7.69. The molecule has 0 radical (unpaired) electrons. The van der Waals surface area contributed by atoms with E-state index < -0.39 is 10.0 Å². The molecule has 8 nitrogen and oxygen atoms in total. The predicted molar refractivity (Wildman–Crippen MR) is 112 cm³/mol. The third-order valence-corrected chi connectivity index (χ3v) is 6.42. The summed E-state index contributed by atoms with van der Waals surface area (Å²) in [5, 5.41) is 5.84. The standard InChI is InChI=1S/C19H20N4O4S2/c1-2-27-13-3-5-15-16(10-13)22-19(21-15)28-11-18(24)23-8-7-12-9-14(29(20,25)26)4-6-17(12)23/h3-6,9-10H,2,7-8,11H2,1H3,(H,21,22)(H2,20,25,26). The van der Waals surface area contributed by atoms with Gasteiger partial charge >= 0.3 is 0 Å². The Hall–Kier alpha value is -2.56. The number of H-pyrrole nitrogens is 1. The van der Waals surface area contributed by atoms with Gasteiger partial charge in [-0.05, 0) is 49.2 Å². The summed E-state index contributed by atoms with van der Waals surface area (Å²) >= 11 is 1.33. The summed E-state index contributed by atoms with van der Waals surface area (Å²) in [6, 6.07) is 10.2. The Morgan fingerprint density at radius 2 is 2.14 bits per heavy atom. The van der Waals surface area contributed by atoms with E-state index in [1.807, 2.05) is 25.1 Å². The van der Waals surface area contributed by atoms with E-state index in [0.717, 1.165) is 28.0 Å². The van der Waals surface area contributed by atoms with Crippen molar-refractivity contribution in [2.24, 2.45) is 5.14 Å². The molecule has 2 heterocycles. The molecule has 3 N–H and O–H groups in total. The van der Waals surface area contributed by atoms with E-state index in [4.69, 9.17) is 9.88 Å². The van der Waals surface area contributed by atoms with Gasteiger partial charge in [0, 0.05) is 18.3 Å². The van der Waals surface area contributed by atoms with E-state index in [1.165, 1.54) is 17.8 Å². The molecular formula is C19H20N4O4S2. The topological polar surface area (TPSA) is 118 Å². The Morgan fingerprint density at radius 3 is 2.90 bits per heavy atom. The number of fused-ring (bicyclic) bond motifs is 2. The first-order valence-corrected chi connectivity index (χ1v) is 11.6. The number of aromatic amines is 1. The molecule has 0 unspecified atom stereocenters. The summed E-state index contributed by atoms with van der Waals surface area (Å²) in [4.78, 5) is 22.2. The van der Waals surface area contributed by atoms with Crippen LogP contribution in [0.3, 0.4) is 0 Å². The van der Waals surface area contributed by atoms with Gasteiger partial charge in [-0.2, -0.15) is 0 Å². The number of sulfonamides is 1. The minimum absolute atomic E-state index is 0.0624. The average Bonchev–Trinajstić information content (AvgIpc) is 3.28. The van der Waals surface area contributed by atoms with Gasteiger partial charge in [0.05, 0.1) is 28.3 Å². The lowest BCUT2D eigenvalue weighted by Crippen LogP contribution is -2.30. The van der Waals surface area contributed by atoms with Gasteiger partial charge in [0.2, 0.25) is 15.9 Å². The highest BCUT2D eigenvalue weighted by atomic mass is 32.2. The number of nitrogens with one attached hydrogen (secondary N) is 1. The first-order valence-electron chi connectivity index (χ1n) is 9.06. The van der Waals surface area contributed by atoms with Gasteiger partial charge in [-0.3, -0.25) is 4.79 Å². The summed E-state index contributed by atoms with van der Waals surface area (Å²) in [6.45, 7) is 3.03. The van der Waals surface area contributed by atoms with Crippen molar-refractivity contribution in [2.75, 3.05) is 23.8 Å². The molecule has 29 heavy (non-hydrogen) atoms. The van der Waals surface area contributed by atoms with Crippen LogP contribution in [0.2, 0.25) is 0 Å². The van der Waals surface area contributed by atoms with Crippen LogP contribution in [0.1, 0.15) is 12.5 Å². The van der Waals surface area contributed by atoms with Crippen LogP contribution in [0.4, 0.5) is 5.69 Å². The quantitative estimate of drug-likeness (QED) is 0.577. The fourth-order valence-electron chi connectivity index (χ4n) is 3.31. The van der Waals surface area contributed by atoms with Crippen molar-refractivity contribution < 1.29 is 17.9 Å². The number of amides is 1. The number of hydrogen-bond acceptors (Lipinski definition) is 6. The summed E-state index contributed by atoms with van der Waals surface area (Å²) in [5.41, 5.74) is 3.20. The van der Waals surface area contributed by atoms with E-state index in [1.54, 1.807) is 17.0 Å². The Bertz CT molecular complexity index is 1190. The smallest absolute Gasteiger partial charge is 0.238 e. The third kappa shape index (κ3) is 4.09. The van der Waals surface area contributed by atoms with Crippen molar-refractivity contribution in [3.8, 4) is 5.75 Å². The van der Waals surface area contributed by atoms with Crippen molar-refractivity contribution in [2.45, 2.75) is 23.4 Å². The molecule has 0 spiro atoms. The zero-order valence-electron chi connectivity index (χ0n) is 15.7. The van der Waals surface area contributed by atoms with Gasteiger partial charge in [-0.15, -0.1) is 0 Å². The maximum Gasteiger partial charge on any atom is 0.238 e. The molecule has 3 aromatic rings. The SMILES string of the molecule is CCOc1ccc2nc(SCC(=O)N3CCc4cc(S(N)(=O)=O)ccc43)[nH]c2c1. The van der Waals surface area contributed by atoms with Gasteiger partial charge < -0.3 is 14.6 Å². The van der Waals surface area contributed by atoms with Crippen molar-refractivity contribution in [1.82, 2.24) is 9.97 Å². The Balaban J connectivity index is 1.45. The number of benzene rings is 2. The molecule has 2 aromatic carbocycles. The number of nitrogens with two attached hydrogens (primary N) is 1. The number of thioether (sulfide) groups is 1. The molecule has 0 aliphatic carbocycles. The second-order valence-corrected chi connectivity index (χ2v) is 9.10. The molecule has 152 valence electrons. The fraction of sp³-hybridized carbons (Fsp3) is 0.263. The van der Waals surface area contributed by atoms with Crippen molar-refractivity contribution >= 4 is 44.4 Å². The number of hydrogen-bond donors (Lipinski definition) is 2. The molecule has 0 saturated heterocycles. The van der Waals surface area contributed by atoms with E-state index in [-0.39, 0.29) is 16.6 Å². The van der Waals surface area contributed by atoms with Gasteiger partial charge in [0.1, 0.15) is 5.75 Å². The first-order chi connectivity index (χ1) is 13.8. The summed E-state index contributed by atoms with van der Waals surface area (Å²) in [6.07, 6.45) is 0.597. The van der Waals surface area contributed by atoms with E-state index in [0.29, 0.717) is 24.7 Å². The molecule has 0 saturated carbocycles. The molecule has 10 heteroatoms. The van der Waals surface area contributed by atoms with Crippen LogP contribution in [0.25, 0.3) is 11.0 Å².